The first-order chi connectivity index (χ1) is 15.5. The predicted molar refractivity (Wildman–Crippen MR) is 124 cm³/mol. The van der Waals surface area contributed by atoms with Gasteiger partial charge in [-0.05, 0) is 43.2 Å². The second kappa shape index (κ2) is 9.44. The van der Waals surface area contributed by atoms with Crippen LogP contribution >= 0.6 is 11.8 Å². The van der Waals surface area contributed by atoms with Crippen LogP contribution in [0.15, 0.2) is 53.7 Å². The Hall–Kier alpha value is -3.33. The molecule has 0 saturated heterocycles. The van der Waals surface area contributed by atoms with Crippen molar-refractivity contribution in [2.45, 2.75) is 31.5 Å². The van der Waals surface area contributed by atoms with E-state index in [4.69, 9.17) is 4.74 Å². The molecule has 2 heterocycles. The Bertz CT molecular complexity index is 1130. The lowest BCUT2D eigenvalue weighted by Gasteiger charge is -2.33. The van der Waals surface area contributed by atoms with Gasteiger partial charge in [0.05, 0.1) is 17.5 Å². The average Bonchev–Trinajstić information content (AvgIpc) is 3.18. The molecule has 9 heteroatoms. The van der Waals surface area contributed by atoms with Crippen LogP contribution in [0, 0.1) is 0 Å². The Morgan fingerprint density at radius 1 is 1.19 bits per heavy atom. The molecule has 8 nitrogen and oxygen atoms in total. The van der Waals surface area contributed by atoms with E-state index in [0.29, 0.717) is 22.4 Å². The van der Waals surface area contributed by atoms with Crippen molar-refractivity contribution in [2.24, 2.45) is 7.05 Å². The number of benzene rings is 2. The summed E-state index contributed by atoms with van der Waals surface area (Å²) in [5.74, 6) is 1.25. The number of nitrogens with one attached hydrogen (secondary N) is 1. The molecule has 0 unspecified atom stereocenters. The third-order valence-corrected chi connectivity index (χ3v) is 6.37. The van der Waals surface area contributed by atoms with E-state index in [2.05, 4.69) is 22.4 Å². The number of aromatic nitrogens is 3. The second-order valence-electron chi connectivity index (χ2n) is 7.48. The van der Waals surface area contributed by atoms with Gasteiger partial charge in [0, 0.05) is 12.7 Å². The van der Waals surface area contributed by atoms with Gasteiger partial charge in [0.2, 0.25) is 5.91 Å². The molecule has 0 fully saturated rings. The lowest BCUT2D eigenvalue weighted by Crippen LogP contribution is -2.41. The van der Waals surface area contributed by atoms with Gasteiger partial charge in [-0.2, -0.15) is 0 Å². The molecule has 0 bridgehead atoms. The van der Waals surface area contributed by atoms with Crippen LogP contribution in [-0.2, 0) is 23.1 Å². The van der Waals surface area contributed by atoms with Gasteiger partial charge in [0.1, 0.15) is 5.75 Å². The number of hydrogen-bond acceptors (Lipinski definition) is 6. The summed E-state index contributed by atoms with van der Waals surface area (Å²) in [5, 5.41) is 12.1. The van der Waals surface area contributed by atoms with E-state index >= 15 is 0 Å². The van der Waals surface area contributed by atoms with E-state index in [1.807, 2.05) is 67.1 Å². The van der Waals surface area contributed by atoms with E-state index < -0.39 is 0 Å². The van der Waals surface area contributed by atoms with E-state index in [1.54, 1.807) is 4.90 Å². The van der Waals surface area contributed by atoms with Gasteiger partial charge in [-0.15, -0.1) is 10.2 Å². The van der Waals surface area contributed by atoms with Crippen LogP contribution in [0.1, 0.15) is 31.3 Å². The number of fused-ring (bicyclic) bond motifs is 1. The van der Waals surface area contributed by atoms with E-state index in [-0.39, 0.29) is 30.2 Å². The molecule has 0 radical (unpaired) electrons. The van der Waals surface area contributed by atoms with Crippen LogP contribution < -0.4 is 15.0 Å². The fraction of sp³-hybridized carbons (Fsp3) is 0.304. The fourth-order valence-electron chi connectivity index (χ4n) is 3.63. The molecule has 1 aliphatic rings. The van der Waals surface area contributed by atoms with Crippen molar-refractivity contribution in [3.8, 4) is 5.75 Å². The molecule has 0 spiro atoms. The van der Waals surface area contributed by atoms with Gasteiger partial charge in [-0.3, -0.25) is 14.5 Å². The summed E-state index contributed by atoms with van der Waals surface area (Å²) in [6, 6.07) is 14.9. The molecule has 32 heavy (non-hydrogen) atoms. The molecule has 166 valence electrons. The number of nitrogens with zero attached hydrogens (tertiary/aromatic N) is 4. The summed E-state index contributed by atoms with van der Waals surface area (Å²) < 4.78 is 7.35. The Balaban J connectivity index is 1.43. The van der Waals surface area contributed by atoms with Crippen LogP contribution in [0.4, 0.5) is 11.4 Å². The number of rotatable bonds is 7. The van der Waals surface area contributed by atoms with E-state index in [1.165, 1.54) is 17.3 Å². The highest BCUT2D eigenvalue weighted by Gasteiger charge is 2.32. The highest BCUT2D eigenvalue weighted by Crippen LogP contribution is 2.37. The molecule has 0 saturated carbocycles. The van der Waals surface area contributed by atoms with Gasteiger partial charge in [0.15, 0.2) is 17.6 Å². The molecule has 1 aromatic heterocycles. The number of thioether (sulfide) groups is 1. The molecule has 2 amide bonds. The zero-order chi connectivity index (χ0) is 22.7. The van der Waals surface area contributed by atoms with Crippen molar-refractivity contribution in [3.63, 3.8) is 0 Å². The Morgan fingerprint density at radius 2 is 1.94 bits per heavy atom. The standard InChI is InChI=1S/C23H25N5O3S/c1-4-16-9-11-17(12-10-16)24-20(29)14-32-23-26-25-22(27(23)3)15(2)28-18-7-5-6-8-19(18)31-13-21(28)30/h5-12,15H,4,13-14H2,1-3H3,(H,24,29)/t15-/m0/s1. The molecule has 3 aromatic rings. The molecule has 1 N–H and O–H groups in total. The summed E-state index contributed by atoms with van der Waals surface area (Å²) in [5.41, 5.74) is 2.70. The van der Waals surface area contributed by atoms with E-state index in [9.17, 15) is 9.59 Å². The zero-order valence-corrected chi connectivity index (χ0v) is 19.1. The normalized spacial score (nSPS) is 14.0. The first kappa shape index (κ1) is 21.9. The number of anilines is 2. The number of aryl methyl sites for hydroxylation is 1. The summed E-state index contributed by atoms with van der Waals surface area (Å²) in [7, 11) is 1.84. The first-order valence-corrected chi connectivity index (χ1v) is 11.4. The van der Waals surface area contributed by atoms with E-state index in [0.717, 1.165) is 12.1 Å². The number of para-hydroxylation sites is 2. The van der Waals surface area contributed by atoms with Crippen molar-refractivity contribution in [3.05, 3.63) is 59.9 Å². The minimum atomic E-state index is -0.342. The van der Waals surface area contributed by atoms with Crippen LogP contribution in [-0.4, -0.2) is 38.9 Å². The van der Waals surface area contributed by atoms with Crippen LogP contribution in [0.25, 0.3) is 0 Å². The maximum absolute atomic E-state index is 12.6. The smallest absolute Gasteiger partial charge is 0.265 e. The van der Waals surface area contributed by atoms with Gasteiger partial charge in [-0.25, -0.2) is 0 Å². The number of carbonyl (C=O) groups is 2. The van der Waals surface area contributed by atoms with Gasteiger partial charge in [0.25, 0.3) is 5.91 Å². The molecule has 1 atom stereocenters. The van der Waals surface area contributed by atoms with Gasteiger partial charge in [-0.1, -0.05) is 43.0 Å². The topological polar surface area (TPSA) is 89.3 Å². The minimum absolute atomic E-state index is 0.0137. The summed E-state index contributed by atoms with van der Waals surface area (Å²) in [6.07, 6.45) is 0.957. The molecular weight excluding hydrogens is 426 g/mol. The van der Waals surface area contributed by atoms with Crippen molar-refractivity contribution in [2.75, 3.05) is 22.6 Å². The summed E-state index contributed by atoms with van der Waals surface area (Å²) in [6.45, 7) is 3.99. The molecule has 1 aliphatic heterocycles. The minimum Gasteiger partial charge on any atom is -0.482 e. The van der Waals surface area contributed by atoms with Crippen molar-refractivity contribution in [1.29, 1.82) is 0 Å². The summed E-state index contributed by atoms with van der Waals surface area (Å²) in [4.78, 5) is 26.7. The SMILES string of the molecule is CCc1ccc(NC(=O)CSc2nnc([C@H](C)N3C(=O)COc4ccccc43)n2C)cc1. The Labute approximate surface area is 191 Å². The predicted octanol–water partition coefficient (Wildman–Crippen LogP) is 3.59. The molecule has 4 rings (SSSR count). The Kier molecular flexibility index (Phi) is 6.45. The monoisotopic (exact) mass is 451 g/mol. The van der Waals surface area contributed by atoms with Crippen molar-refractivity contribution >= 4 is 35.0 Å². The average molecular weight is 452 g/mol. The fourth-order valence-corrected chi connectivity index (χ4v) is 4.35. The maximum Gasteiger partial charge on any atom is 0.265 e. The van der Waals surface area contributed by atoms with Crippen LogP contribution in [0.5, 0.6) is 5.75 Å². The first-order valence-electron chi connectivity index (χ1n) is 10.4. The molecule has 0 aliphatic carbocycles. The number of carbonyl (C=O) groups excluding carboxylic acids is 2. The maximum atomic E-state index is 12.6. The lowest BCUT2D eigenvalue weighted by atomic mass is 10.1. The molecule has 2 aromatic carbocycles. The number of hydrogen-bond donors (Lipinski definition) is 1. The van der Waals surface area contributed by atoms with Gasteiger partial charge >= 0.3 is 0 Å². The number of amides is 2. The third kappa shape index (κ3) is 4.47. The van der Waals surface area contributed by atoms with Crippen LogP contribution in [0.2, 0.25) is 0 Å². The second-order valence-corrected chi connectivity index (χ2v) is 8.43. The zero-order valence-electron chi connectivity index (χ0n) is 18.2. The molecular formula is C23H25N5O3S. The Morgan fingerprint density at radius 3 is 2.69 bits per heavy atom. The third-order valence-electron chi connectivity index (χ3n) is 5.35. The van der Waals surface area contributed by atoms with Gasteiger partial charge < -0.3 is 14.6 Å². The largest absolute Gasteiger partial charge is 0.482 e. The quantitative estimate of drug-likeness (QED) is 0.552. The highest BCUT2D eigenvalue weighted by molar-refractivity contribution is 7.99. The number of ether oxygens (including phenoxy) is 1. The highest BCUT2D eigenvalue weighted by atomic mass is 32.2. The van der Waals surface area contributed by atoms with Crippen LogP contribution in [0.3, 0.4) is 0 Å². The summed E-state index contributed by atoms with van der Waals surface area (Å²) >= 11 is 1.30. The lowest BCUT2D eigenvalue weighted by molar-refractivity contribution is -0.121. The van der Waals surface area contributed by atoms with Crippen molar-refractivity contribution < 1.29 is 14.3 Å². The van der Waals surface area contributed by atoms with Crippen molar-refractivity contribution in [1.82, 2.24) is 14.8 Å².